The molecule has 7 nitrogen and oxygen atoms in total. The van der Waals surface area contributed by atoms with E-state index in [0.717, 1.165) is 13.1 Å². The van der Waals surface area contributed by atoms with Gasteiger partial charge in [-0.15, -0.1) is 0 Å². The van der Waals surface area contributed by atoms with Crippen LogP contribution in [0.2, 0.25) is 0 Å². The molecule has 23 heavy (non-hydrogen) atoms. The summed E-state index contributed by atoms with van der Waals surface area (Å²) >= 11 is 0. The second-order valence-corrected chi connectivity index (χ2v) is 7.26. The summed E-state index contributed by atoms with van der Waals surface area (Å²) in [7, 11) is -2.17. The zero-order chi connectivity index (χ0) is 16.9. The summed E-state index contributed by atoms with van der Waals surface area (Å²) in [5.41, 5.74) is 0.441. The zero-order valence-electron chi connectivity index (χ0n) is 13.5. The molecule has 0 unspecified atom stereocenters. The van der Waals surface area contributed by atoms with Crippen LogP contribution in [-0.2, 0) is 14.8 Å². The van der Waals surface area contributed by atoms with Crippen LogP contribution in [0.5, 0.6) is 5.75 Å². The fourth-order valence-corrected chi connectivity index (χ4v) is 3.60. The Morgan fingerprint density at radius 1 is 1.30 bits per heavy atom. The van der Waals surface area contributed by atoms with Crippen LogP contribution in [0.3, 0.4) is 0 Å². The number of carbonyl (C=O) groups excluding carboxylic acids is 1. The van der Waals surface area contributed by atoms with E-state index in [1.54, 1.807) is 0 Å². The number of amides is 1. The maximum atomic E-state index is 12.3. The molecule has 0 radical (unpaired) electrons. The van der Waals surface area contributed by atoms with Gasteiger partial charge < -0.3 is 15.0 Å². The molecule has 0 bridgehead atoms. The highest BCUT2D eigenvalue weighted by atomic mass is 32.2. The van der Waals surface area contributed by atoms with Gasteiger partial charge in [-0.05, 0) is 38.1 Å². The molecule has 0 aromatic heterocycles. The number of likely N-dealkylation sites (tertiary alicyclic amines) is 1. The molecule has 1 fully saturated rings. The molecule has 0 saturated carbocycles. The normalized spacial score (nSPS) is 15.6. The summed E-state index contributed by atoms with van der Waals surface area (Å²) in [5, 5.41) is 2.60. The Hall–Kier alpha value is -1.64. The third-order valence-corrected chi connectivity index (χ3v) is 5.17. The number of hydrogen-bond donors (Lipinski definition) is 2. The van der Waals surface area contributed by atoms with Crippen molar-refractivity contribution in [3.05, 3.63) is 18.2 Å². The average molecular weight is 341 g/mol. The quantitative estimate of drug-likeness (QED) is 0.773. The van der Waals surface area contributed by atoms with Crippen molar-refractivity contribution in [1.82, 2.24) is 9.62 Å². The van der Waals surface area contributed by atoms with Gasteiger partial charge in [-0.3, -0.25) is 4.79 Å². The molecule has 0 aliphatic carbocycles. The highest BCUT2D eigenvalue weighted by Crippen LogP contribution is 2.27. The molecule has 1 aromatic rings. The number of rotatable bonds is 7. The Balaban J connectivity index is 2.04. The molecule has 1 aliphatic rings. The molecule has 1 heterocycles. The molecule has 2 N–H and O–H groups in total. The monoisotopic (exact) mass is 341 g/mol. The van der Waals surface area contributed by atoms with Gasteiger partial charge in [-0.25, -0.2) is 13.1 Å². The number of carbonyl (C=O) groups is 1. The molecule has 0 spiro atoms. The van der Waals surface area contributed by atoms with Gasteiger partial charge >= 0.3 is 0 Å². The predicted octanol–water partition coefficient (Wildman–Crippen LogP) is 1.03. The van der Waals surface area contributed by atoms with Crippen molar-refractivity contribution >= 4 is 21.6 Å². The lowest BCUT2D eigenvalue weighted by Crippen LogP contribution is -2.33. The third-order valence-electron chi connectivity index (χ3n) is 3.71. The molecular weight excluding hydrogens is 318 g/mol. The summed E-state index contributed by atoms with van der Waals surface area (Å²) < 4.78 is 32.4. The van der Waals surface area contributed by atoms with E-state index in [1.807, 2.05) is 0 Å². The van der Waals surface area contributed by atoms with Gasteiger partial charge in [-0.1, -0.05) is 0 Å². The first-order valence-electron chi connectivity index (χ1n) is 7.60. The van der Waals surface area contributed by atoms with E-state index in [9.17, 15) is 13.2 Å². The van der Waals surface area contributed by atoms with Crippen LogP contribution in [0, 0.1) is 0 Å². The van der Waals surface area contributed by atoms with Crippen molar-refractivity contribution in [2.45, 2.75) is 24.7 Å². The smallest absolute Gasteiger partial charge is 0.240 e. The second kappa shape index (κ2) is 7.76. The standard InChI is InChI=1S/C15H23N3O4S/c1-12(19)17-14-6-5-13(11-15(14)22-2)23(20,21)16-7-10-18-8-3-4-9-18/h5-6,11,16H,3-4,7-10H2,1-2H3,(H,17,19). The van der Waals surface area contributed by atoms with Gasteiger partial charge in [0.25, 0.3) is 0 Å². The number of hydrogen-bond acceptors (Lipinski definition) is 5. The van der Waals surface area contributed by atoms with Crippen molar-refractivity contribution in [2.24, 2.45) is 0 Å². The Morgan fingerprint density at radius 2 is 2.00 bits per heavy atom. The number of nitrogens with one attached hydrogen (secondary N) is 2. The summed E-state index contributed by atoms with van der Waals surface area (Å²) in [6, 6.07) is 4.38. The van der Waals surface area contributed by atoms with E-state index in [1.165, 1.54) is 45.1 Å². The topological polar surface area (TPSA) is 87.7 Å². The van der Waals surface area contributed by atoms with Crippen molar-refractivity contribution in [3.8, 4) is 5.75 Å². The van der Waals surface area contributed by atoms with Gasteiger partial charge in [0, 0.05) is 26.1 Å². The minimum Gasteiger partial charge on any atom is -0.495 e. The van der Waals surface area contributed by atoms with Crippen LogP contribution in [-0.4, -0.2) is 52.5 Å². The second-order valence-electron chi connectivity index (χ2n) is 5.49. The number of anilines is 1. The maximum absolute atomic E-state index is 12.3. The van der Waals surface area contributed by atoms with Crippen molar-refractivity contribution in [3.63, 3.8) is 0 Å². The Morgan fingerprint density at radius 3 is 2.61 bits per heavy atom. The largest absolute Gasteiger partial charge is 0.495 e. The first-order valence-corrected chi connectivity index (χ1v) is 9.08. The lowest BCUT2D eigenvalue weighted by atomic mass is 10.3. The minimum absolute atomic E-state index is 0.116. The number of benzene rings is 1. The Bertz CT molecular complexity index is 655. The molecule has 1 aliphatic heterocycles. The van der Waals surface area contributed by atoms with Gasteiger partial charge in [0.15, 0.2) is 0 Å². The van der Waals surface area contributed by atoms with Crippen LogP contribution in [0.15, 0.2) is 23.1 Å². The predicted molar refractivity (Wildman–Crippen MR) is 88.2 cm³/mol. The van der Waals surface area contributed by atoms with E-state index in [-0.39, 0.29) is 10.8 Å². The van der Waals surface area contributed by atoms with Crippen LogP contribution < -0.4 is 14.8 Å². The minimum atomic E-state index is -3.60. The molecule has 1 amide bonds. The van der Waals surface area contributed by atoms with E-state index in [2.05, 4.69) is 14.9 Å². The van der Waals surface area contributed by atoms with E-state index in [4.69, 9.17) is 4.74 Å². The van der Waals surface area contributed by atoms with Gasteiger partial charge in [0.05, 0.1) is 17.7 Å². The molecule has 128 valence electrons. The number of nitrogens with zero attached hydrogens (tertiary/aromatic N) is 1. The van der Waals surface area contributed by atoms with Crippen molar-refractivity contribution in [1.29, 1.82) is 0 Å². The fourth-order valence-electron chi connectivity index (χ4n) is 2.56. The fraction of sp³-hybridized carbons (Fsp3) is 0.533. The lowest BCUT2D eigenvalue weighted by molar-refractivity contribution is -0.114. The third kappa shape index (κ3) is 4.92. The maximum Gasteiger partial charge on any atom is 0.240 e. The zero-order valence-corrected chi connectivity index (χ0v) is 14.3. The van der Waals surface area contributed by atoms with Crippen molar-refractivity contribution in [2.75, 3.05) is 38.6 Å². The molecule has 1 saturated heterocycles. The summed E-state index contributed by atoms with van der Waals surface area (Å²) in [5.74, 6) is 0.0604. The Labute approximate surface area is 137 Å². The first-order chi connectivity index (χ1) is 10.9. The molecule has 1 aromatic carbocycles. The highest BCUT2D eigenvalue weighted by Gasteiger charge is 2.18. The van der Waals surface area contributed by atoms with E-state index < -0.39 is 10.0 Å². The average Bonchev–Trinajstić information content (AvgIpc) is 3.00. The van der Waals surface area contributed by atoms with Crippen LogP contribution in [0.25, 0.3) is 0 Å². The van der Waals surface area contributed by atoms with Gasteiger partial charge in [0.1, 0.15) is 5.75 Å². The van der Waals surface area contributed by atoms with E-state index in [0.29, 0.717) is 24.5 Å². The first kappa shape index (κ1) is 17.7. The van der Waals surface area contributed by atoms with Crippen LogP contribution in [0.4, 0.5) is 5.69 Å². The van der Waals surface area contributed by atoms with Crippen molar-refractivity contribution < 1.29 is 17.9 Å². The highest BCUT2D eigenvalue weighted by molar-refractivity contribution is 7.89. The summed E-state index contributed by atoms with van der Waals surface area (Å²) in [6.07, 6.45) is 2.35. The molecule has 2 rings (SSSR count). The summed E-state index contributed by atoms with van der Waals surface area (Å²) in [4.78, 5) is 13.5. The van der Waals surface area contributed by atoms with E-state index >= 15 is 0 Å². The number of sulfonamides is 1. The summed E-state index contributed by atoms with van der Waals surface area (Å²) in [6.45, 7) is 4.52. The molecule has 8 heteroatoms. The molecular formula is C15H23N3O4S. The SMILES string of the molecule is COc1cc(S(=O)(=O)NCCN2CCCC2)ccc1NC(C)=O. The molecule has 0 atom stereocenters. The van der Waals surface area contributed by atoms with Crippen LogP contribution in [0.1, 0.15) is 19.8 Å². The lowest BCUT2D eigenvalue weighted by Gasteiger charge is -2.15. The van der Waals surface area contributed by atoms with Gasteiger partial charge in [-0.2, -0.15) is 0 Å². The Kier molecular flexibility index (Phi) is 5.97. The number of ether oxygens (including phenoxy) is 1. The van der Waals surface area contributed by atoms with Crippen LogP contribution >= 0.6 is 0 Å². The van der Waals surface area contributed by atoms with Gasteiger partial charge in [0.2, 0.25) is 15.9 Å². The number of methoxy groups -OCH3 is 1.